The van der Waals surface area contributed by atoms with Gasteiger partial charge < -0.3 is 20.0 Å². The number of nitrogens with one attached hydrogen (secondary N) is 2. The van der Waals surface area contributed by atoms with Gasteiger partial charge in [-0.25, -0.2) is 0 Å². The molecule has 1 aromatic carbocycles. The summed E-state index contributed by atoms with van der Waals surface area (Å²) in [5.74, 6) is 0.386. The largest absolute Gasteiger partial charge is 0.546 e. The molecular formula is C18H20N3O3S-. The molecule has 7 heteroatoms. The van der Waals surface area contributed by atoms with Gasteiger partial charge in [0.2, 0.25) is 0 Å². The third kappa shape index (κ3) is 4.36. The predicted molar refractivity (Wildman–Crippen MR) is 97.2 cm³/mol. The first-order valence-corrected chi connectivity index (χ1v) is 8.65. The summed E-state index contributed by atoms with van der Waals surface area (Å²) < 4.78 is 5.24. The van der Waals surface area contributed by atoms with Crippen LogP contribution in [0.5, 0.6) is 5.75 Å². The zero-order valence-electron chi connectivity index (χ0n) is 13.9. The predicted octanol–water partition coefficient (Wildman–Crippen LogP) is 0.968. The fraction of sp³-hybridized carbons (Fsp3) is 0.389. The standard InChI is InChI=1S/C18H21N3O3S/c1-11(14-4-2-3-5-16(14)24-10-17(22)23)20-21-18(25)19-15-9-12-6-7-13(15)8-12/h2-7,12-13,15H,8-10H2,1H3,(H,22,23)(H2,19,21,25)/p-1/b20-11-/t12-,13-,15-/m0/s1. The van der Waals surface area contributed by atoms with Gasteiger partial charge in [0, 0.05) is 11.6 Å². The maximum absolute atomic E-state index is 10.6. The molecule has 0 radical (unpaired) electrons. The number of para-hydroxylation sites is 1. The van der Waals surface area contributed by atoms with Crippen LogP contribution in [0.25, 0.3) is 0 Å². The molecule has 1 aromatic rings. The molecule has 3 rings (SSSR count). The van der Waals surface area contributed by atoms with Gasteiger partial charge in [0.1, 0.15) is 12.4 Å². The number of carbonyl (C=O) groups excluding carboxylic acids is 1. The van der Waals surface area contributed by atoms with Crippen molar-refractivity contribution in [1.82, 2.24) is 10.7 Å². The van der Waals surface area contributed by atoms with E-state index in [-0.39, 0.29) is 0 Å². The van der Waals surface area contributed by atoms with Gasteiger partial charge in [-0.05, 0) is 56.0 Å². The maximum Gasteiger partial charge on any atom is 0.187 e. The van der Waals surface area contributed by atoms with E-state index < -0.39 is 12.6 Å². The van der Waals surface area contributed by atoms with Crippen LogP contribution in [-0.2, 0) is 4.79 Å². The number of hydrazone groups is 1. The van der Waals surface area contributed by atoms with Crippen LogP contribution >= 0.6 is 12.2 Å². The smallest absolute Gasteiger partial charge is 0.187 e. The maximum atomic E-state index is 10.6. The van der Waals surface area contributed by atoms with Crippen molar-refractivity contribution in [3.05, 3.63) is 42.0 Å². The first kappa shape index (κ1) is 17.4. The van der Waals surface area contributed by atoms with Crippen LogP contribution in [-0.4, -0.2) is 29.4 Å². The lowest BCUT2D eigenvalue weighted by molar-refractivity contribution is -0.307. The lowest BCUT2D eigenvalue weighted by atomic mass is 10.0. The number of hydrogen-bond donors (Lipinski definition) is 2. The first-order valence-electron chi connectivity index (χ1n) is 8.24. The number of thiocarbonyl (C=S) groups is 1. The highest BCUT2D eigenvalue weighted by molar-refractivity contribution is 7.80. The van der Waals surface area contributed by atoms with Crippen molar-refractivity contribution >= 4 is 29.0 Å². The number of allylic oxidation sites excluding steroid dienone is 1. The first-order chi connectivity index (χ1) is 12.0. The van der Waals surface area contributed by atoms with Gasteiger partial charge in [-0.3, -0.25) is 5.43 Å². The molecule has 25 heavy (non-hydrogen) atoms. The second kappa shape index (κ2) is 7.65. The fourth-order valence-corrected chi connectivity index (χ4v) is 3.57. The Bertz CT molecular complexity index is 732. The molecular weight excluding hydrogens is 338 g/mol. The minimum Gasteiger partial charge on any atom is -0.546 e. The van der Waals surface area contributed by atoms with Crippen LogP contribution < -0.4 is 20.6 Å². The Labute approximate surface area is 152 Å². The summed E-state index contributed by atoms with van der Waals surface area (Å²) in [6.07, 6.45) is 6.84. The third-order valence-corrected chi connectivity index (χ3v) is 4.75. The van der Waals surface area contributed by atoms with Crippen LogP contribution in [0.2, 0.25) is 0 Å². The van der Waals surface area contributed by atoms with Crippen molar-refractivity contribution in [2.24, 2.45) is 16.9 Å². The Morgan fingerprint density at radius 2 is 2.16 bits per heavy atom. The minimum absolute atomic E-state index is 0.365. The molecule has 2 aliphatic rings. The van der Waals surface area contributed by atoms with Gasteiger partial charge in [0.05, 0.1) is 11.7 Å². The summed E-state index contributed by atoms with van der Waals surface area (Å²) in [7, 11) is 0. The number of carbonyl (C=O) groups is 1. The highest BCUT2D eigenvalue weighted by Crippen LogP contribution is 2.38. The zero-order chi connectivity index (χ0) is 17.8. The van der Waals surface area contributed by atoms with Crippen molar-refractivity contribution < 1.29 is 14.6 Å². The molecule has 0 spiro atoms. The third-order valence-electron chi connectivity index (χ3n) is 4.54. The molecule has 0 aromatic heterocycles. The van der Waals surface area contributed by atoms with Crippen LogP contribution in [0.3, 0.4) is 0 Å². The molecule has 0 heterocycles. The Morgan fingerprint density at radius 1 is 1.36 bits per heavy atom. The average Bonchev–Trinajstić information content (AvgIpc) is 3.21. The van der Waals surface area contributed by atoms with E-state index in [0.717, 1.165) is 6.42 Å². The van der Waals surface area contributed by atoms with E-state index in [9.17, 15) is 9.90 Å². The van der Waals surface area contributed by atoms with Gasteiger partial charge in [-0.2, -0.15) is 5.10 Å². The van der Waals surface area contributed by atoms with E-state index in [2.05, 4.69) is 28.0 Å². The van der Waals surface area contributed by atoms with Gasteiger partial charge in [-0.1, -0.05) is 24.3 Å². The summed E-state index contributed by atoms with van der Waals surface area (Å²) >= 11 is 5.32. The normalized spacial score (nSPS) is 24.2. The lowest BCUT2D eigenvalue weighted by Gasteiger charge is -2.21. The molecule has 6 nitrogen and oxygen atoms in total. The van der Waals surface area contributed by atoms with E-state index in [1.165, 1.54) is 6.42 Å². The van der Waals surface area contributed by atoms with E-state index in [4.69, 9.17) is 17.0 Å². The summed E-state index contributed by atoms with van der Waals surface area (Å²) in [4.78, 5) is 10.6. The Balaban J connectivity index is 1.58. The number of carboxylic acid groups (broad SMARTS) is 1. The van der Waals surface area contributed by atoms with E-state index in [0.29, 0.717) is 40.0 Å². The number of nitrogens with zero attached hydrogens (tertiary/aromatic N) is 1. The van der Waals surface area contributed by atoms with Crippen LogP contribution in [0, 0.1) is 11.8 Å². The SMILES string of the molecule is C/C(=N/NC(=S)N[C@H]1C[C@H]2C=C[C@H]1C2)c1ccccc1OCC(=O)[O-]. The van der Waals surface area contributed by atoms with E-state index in [1.54, 1.807) is 19.1 Å². The number of aliphatic carboxylic acids is 1. The molecule has 2 N–H and O–H groups in total. The highest BCUT2D eigenvalue weighted by Gasteiger charge is 2.35. The Kier molecular flexibility index (Phi) is 5.33. The highest BCUT2D eigenvalue weighted by atomic mass is 32.1. The minimum atomic E-state index is -1.27. The molecule has 0 saturated heterocycles. The van der Waals surface area contributed by atoms with Gasteiger partial charge in [-0.15, -0.1) is 0 Å². The molecule has 0 amide bonds. The molecule has 1 saturated carbocycles. The van der Waals surface area contributed by atoms with Crippen LogP contribution in [0.1, 0.15) is 25.3 Å². The number of carboxylic acids is 1. The zero-order valence-corrected chi connectivity index (χ0v) is 14.7. The fourth-order valence-electron chi connectivity index (χ4n) is 3.37. The average molecular weight is 358 g/mol. The second-order valence-electron chi connectivity index (χ2n) is 6.33. The van der Waals surface area contributed by atoms with Crippen molar-refractivity contribution in [3.8, 4) is 5.75 Å². The van der Waals surface area contributed by atoms with Crippen LogP contribution in [0.4, 0.5) is 0 Å². The molecule has 0 unspecified atom stereocenters. The molecule has 1 fully saturated rings. The Morgan fingerprint density at radius 3 is 2.84 bits per heavy atom. The second-order valence-corrected chi connectivity index (χ2v) is 6.73. The molecule has 3 atom stereocenters. The van der Waals surface area contributed by atoms with Gasteiger partial charge >= 0.3 is 0 Å². The van der Waals surface area contributed by atoms with Crippen molar-refractivity contribution in [2.75, 3.05) is 6.61 Å². The van der Waals surface area contributed by atoms with Gasteiger partial charge in [0.25, 0.3) is 0 Å². The quantitative estimate of drug-likeness (QED) is 0.341. The molecule has 2 bridgehead atoms. The number of benzene rings is 1. The lowest BCUT2D eigenvalue weighted by Crippen LogP contribution is -2.42. The van der Waals surface area contributed by atoms with Crippen molar-refractivity contribution in [3.63, 3.8) is 0 Å². The van der Waals surface area contributed by atoms with Crippen molar-refractivity contribution in [2.45, 2.75) is 25.8 Å². The topological polar surface area (TPSA) is 85.8 Å². The summed E-state index contributed by atoms with van der Waals surface area (Å²) in [5.41, 5.74) is 4.20. The summed E-state index contributed by atoms with van der Waals surface area (Å²) in [6.45, 7) is 1.30. The summed E-state index contributed by atoms with van der Waals surface area (Å²) in [5, 5.41) is 18.7. The van der Waals surface area contributed by atoms with Crippen molar-refractivity contribution in [1.29, 1.82) is 0 Å². The summed E-state index contributed by atoms with van der Waals surface area (Å²) in [6, 6.07) is 7.46. The number of fused-ring (bicyclic) bond motifs is 2. The van der Waals surface area contributed by atoms with E-state index >= 15 is 0 Å². The number of rotatable bonds is 6. The Hall–Kier alpha value is -2.41. The number of hydrogen-bond acceptors (Lipinski definition) is 5. The van der Waals surface area contributed by atoms with Crippen LogP contribution in [0.15, 0.2) is 41.5 Å². The monoisotopic (exact) mass is 358 g/mol. The van der Waals surface area contributed by atoms with Gasteiger partial charge in [0.15, 0.2) is 5.11 Å². The number of ether oxygens (including phenoxy) is 1. The van der Waals surface area contributed by atoms with E-state index in [1.807, 2.05) is 12.1 Å². The molecule has 132 valence electrons. The molecule has 0 aliphatic heterocycles. The molecule has 2 aliphatic carbocycles.